The van der Waals surface area contributed by atoms with Crippen LogP contribution >= 0.6 is 0 Å². The molecule has 6 heteroatoms. The fraction of sp³-hybridized carbons (Fsp3) is 0.200. The molecule has 0 fully saturated rings. The fourth-order valence-corrected chi connectivity index (χ4v) is 2.71. The number of nitrogens with one attached hydrogen (secondary N) is 1. The van der Waals surface area contributed by atoms with Crippen molar-refractivity contribution in [3.8, 4) is 5.75 Å². The van der Waals surface area contributed by atoms with Crippen molar-refractivity contribution in [1.82, 2.24) is 14.9 Å². The first-order chi connectivity index (χ1) is 12.6. The number of ether oxygens (including phenoxy) is 1. The van der Waals surface area contributed by atoms with Crippen molar-refractivity contribution in [2.45, 2.75) is 13.0 Å². The first kappa shape index (κ1) is 17.7. The number of nitrogens with zero attached hydrogens (tertiary/aromatic N) is 2. The van der Waals surface area contributed by atoms with Gasteiger partial charge >= 0.3 is 0 Å². The Morgan fingerprint density at radius 1 is 1.23 bits per heavy atom. The number of benzene rings is 2. The minimum absolute atomic E-state index is 0.166. The number of para-hydroxylation sites is 1. The molecule has 1 heterocycles. The van der Waals surface area contributed by atoms with Crippen LogP contribution in [0, 0.1) is 12.7 Å². The summed E-state index contributed by atoms with van der Waals surface area (Å²) in [7, 11) is 1.80. The largest absolute Gasteiger partial charge is 0.484 e. The number of amides is 1. The van der Waals surface area contributed by atoms with Crippen molar-refractivity contribution >= 4 is 5.91 Å². The zero-order valence-corrected chi connectivity index (χ0v) is 14.6. The lowest BCUT2D eigenvalue weighted by molar-refractivity contribution is -0.123. The molecule has 0 saturated heterocycles. The molecule has 3 rings (SSSR count). The maximum Gasteiger partial charge on any atom is 0.258 e. The van der Waals surface area contributed by atoms with Crippen LogP contribution in [0.25, 0.3) is 0 Å². The summed E-state index contributed by atoms with van der Waals surface area (Å²) in [5.41, 5.74) is 1.29. The van der Waals surface area contributed by atoms with Crippen LogP contribution in [-0.2, 0) is 11.8 Å². The van der Waals surface area contributed by atoms with E-state index in [0.717, 1.165) is 5.56 Å². The van der Waals surface area contributed by atoms with Gasteiger partial charge in [0, 0.05) is 25.0 Å². The molecule has 1 aromatic heterocycles. The third-order valence-corrected chi connectivity index (χ3v) is 4.09. The molecule has 1 atom stereocenters. The van der Waals surface area contributed by atoms with Gasteiger partial charge in [-0.2, -0.15) is 0 Å². The normalized spacial score (nSPS) is 11.8. The molecule has 0 aliphatic carbocycles. The molecule has 5 nitrogen and oxygen atoms in total. The van der Waals surface area contributed by atoms with E-state index in [1.54, 1.807) is 48.3 Å². The van der Waals surface area contributed by atoms with Crippen LogP contribution in [0.2, 0.25) is 0 Å². The van der Waals surface area contributed by atoms with E-state index in [-0.39, 0.29) is 12.5 Å². The van der Waals surface area contributed by atoms with Crippen molar-refractivity contribution in [2.24, 2.45) is 7.05 Å². The van der Waals surface area contributed by atoms with Gasteiger partial charge in [0.25, 0.3) is 5.91 Å². The second-order valence-electron chi connectivity index (χ2n) is 5.97. The van der Waals surface area contributed by atoms with E-state index in [1.807, 2.05) is 25.1 Å². The van der Waals surface area contributed by atoms with E-state index in [1.165, 1.54) is 6.07 Å². The molecule has 0 spiro atoms. The third kappa shape index (κ3) is 3.91. The van der Waals surface area contributed by atoms with Crippen LogP contribution < -0.4 is 10.1 Å². The first-order valence-corrected chi connectivity index (χ1v) is 8.25. The average molecular weight is 353 g/mol. The van der Waals surface area contributed by atoms with Crippen molar-refractivity contribution in [2.75, 3.05) is 6.61 Å². The van der Waals surface area contributed by atoms with E-state index in [4.69, 9.17) is 4.74 Å². The molecule has 1 N–H and O–H groups in total. The lowest BCUT2D eigenvalue weighted by Gasteiger charge is -2.20. The maximum absolute atomic E-state index is 14.3. The highest BCUT2D eigenvalue weighted by molar-refractivity contribution is 5.78. The van der Waals surface area contributed by atoms with Gasteiger partial charge < -0.3 is 14.6 Å². The van der Waals surface area contributed by atoms with E-state index >= 15 is 0 Å². The summed E-state index contributed by atoms with van der Waals surface area (Å²) < 4.78 is 21.6. The van der Waals surface area contributed by atoms with Crippen LogP contribution in [0.5, 0.6) is 5.75 Å². The number of imidazole rings is 1. The van der Waals surface area contributed by atoms with E-state index < -0.39 is 11.9 Å². The summed E-state index contributed by atoms with van der Waals surface area (Å²) in [6, 6.07) is 13.1. The lowest BCUT2D eigenvalue weighted by atomic mass is 10.1. The molecule has 2 aromatic carbocycles. The van der Waals surface area contributed by atoms with Gasteiger partial charge in [0.1, 0.15) is 23.4 Å². The Labute approximate surface area is 151 Å². The topological polar surface area (TPSA) is 56.1 Å². The Bertz CT molecular complexity index is 907. The highest BCUT2D eigenvalue weighted by Crippen LogP contribution is 2.23. The highest BCUT2D eigenvalue weighted by Gasteiger charge is 2.23. The Morgan fingerprint density at radius 2 is 1.96 bits per heavy atom. The Morgan fingerprint density at radius 3 is 2.65 bits per heavy atom. The summed E-state index contributed by atoms with van der Waals surface area (Å²) in [5, 5.41) is 2.82. The summed E-state index contributed by atoms with van der Waals surface area (Å²) in [4.78, 5) is 16.7. The molecule has 0 saturated carbocycles. The minimum Gasteiger partial charge on any atom is -0.484 e. The number of hydrogen-bond acceptors (Lipinski definition) is 3. The highest BCUT2D eigenvalue weighted by atomic mass is 19.1. The summed E-state index contributed by atoms with van der Waals surface area (Å²) >= 11 is 0. The second kappa shape index (κ2) is 7.82. The van der Waals surface area contributed by atoms with Gasteiger partial charge in [-0.25, -0.2) is 9.37 Å². The average Bonchev–Trinajstić information content (AvgIpc) is 3.05. The Kier molecular flexibility index (Phi) is 5.31. The molecule has 0 radical (unpaired) electrons. The van der Waals surface area contributed by atoms with Crippen molar-refractivity contribution in [3.05, 3.63) is 83.7 Å². The molecule has 0 aliphatic rings. The second-order valence-corrected chi connectivity index (χ2v) is 5.97. The van der Waals surface area contributed by atoms with Crippen molar-refractivity contribution < 1.29 is 13.9 Å². The molecular weight excluding hydrogens is 333 g/mol. The smallest absolute Gasteiger partial charge is 0.258 e. The van der Waals surface area contributed by atoms with Crippen LogP contribution in [0.1, 0.15) is 23.0 Å². The lowest BCUT2D eigenvalue weighted by Crippen LogP contribution is -2.35. The van der Waals surface area contributed by atoms with Crippen LogP contribution in [-0.4, -0.2) is 22.1 Å². The van der Waals surface area contributed by atoms with Gasteiger partial charge in [0.05, 0.1) is 0 Å². The van der Waals surface area contributed by atoms with Gasteiger partial charge in [0.15, 0.2) is 6.61 Å². The number of rotatable bonds is 6. The van der Waals surface area contributed by atoms with Gasteiger partial charge in [-0.3, -0.25) is 4.79 Å². The molecule has 0 bridgehead atoms. The van der Waals surface area contributed by atoms with Crippen LogP contribution in [0.4, 0.5) is 4.39 Å². The molecule has 26 heavy (non-hydrogen) atoms. The number of aromatic nitrogens is 2. The van der Waals surface area contributed by atoms with Gasteiger partial charge in [-0.1, -0.05) is 36.4 Å². The predicted molar refractivity (Wildman–Crippen MR) is 96.3 cm³/mol. The molecule has 0 aliphatic heterocycles. The number of halogens is 1. The van der Waals surface area contributed by atoms with Crippen molar-refractivity contribution in [3.63, 3.8) is 0 Å². The third-order valence-electron chi connectivity index (χ3n) is 4.09. The van der Waals surface area contributed by atoms with E-state index in [2.05, 4.69) is 10.3 Å². The molecule has 0 unspecified atom stereocenters. The maximum atomic E-state index is 14.3. The SMILES string of the molecule is Cc1ccccc1OCC(=O)N[C@@H](c1ccccc1F)c1nccn1C. The zero-order chi connectivity index (χ0) is 18.5. The van der Waals surface area contributed by atoms with Crippen LogP contribution in [0.15, 0.2) is 60.9 Å². The molecule has 3 aromatic rings. The van der Waals surface area contributed by atoms with Gasteiger partial charge in [0.2, 0.25) is 0 Å². The van der Waals surface area contributed by atoms with E-state index in [9.17, 15) is 9.18 Å². The summed E-state index contributed by atoms with van der Waals surface area (Å²) in [6.07, 6.45) is 3.36. The number of hydrogen-bond donors (Lipinski definition) is 1. The summed E-state index contributed by atoms with van der Waals surface area (Å²) in [5.74, 6) is 0.423. The monoisotopic (exact) mass is 353 g/mol. The minimum atomic E-state index is -0.704. The molecule has 1 amide bonds. The zero-order valence-electron chi connectivity index (χ0n) is 14.6. The fourth-order valence-electron chi connectivity index (χ4n) is 2.71. The quantitative estimate of drug-likeness (QED) is 0.741. The van der Waals surface area contributed by atoms with Crippen molar-refractivity contribution in [1.29, 1.82) is 0 Å². The Hall–Kier alpha value is -3.15. The number of carbonyl (C=O) groups excluding carboxylic acids is 1. The summed E-state index contributed by atoms with van der Waals surface area (Å²) in [6.45, 7) is 1.74. The van der Waals surface area contributed by atoms with Gasteiger partial charge in [-0.15, -0.1) is 0 Å². The number of carbonyl (C=O) groups is 1. The predicted octanol–water partition coefficient (Wildman–Crippen LogP) is 3.15. The van der Waals surface area contributed by atoms with E-state index in [0.29, 0.717) is 17.1 Å². The molecular formula is C20H20FN3O2. The Balaban J connectivity index is 1.78. The van der Waals surface area contributed by atoms with Crippen LogP contribution in [0.3, 0.4) is 0 Å². The number of aryl methyl sites for hydroxylation is 2. The first-order valence-electron chi connectivity index (χ1n) is 8.25. The standard InChI is InChI=1S/C20H20FN3O2/c1-14-7-3-6-10-17(14)26-13-18(25)23-19(20-22-11-12-24(20)2)15-8-4-5-9-16(15)21/h3-12,19H,13H2,1-2H3,(H,23,25)/t19-/m0/s1. The van der Waals surface area contributed by atoms with Gasteiger partial charge in [-0.05, 0) is 24.6 Å². The molecule has 134 valence electrons.